The van der Waals surface area contributed by atoms with Crippen molar-refractivity contribution >= 4 is 10.2 Å². The Kier molecular flexibility index (Phi) is 5.06. The van der Waals surface area contributed by atoms with Crippen molar-refractivity contribution in [2.75, 3.05) is 0 Å². The smallest absolute Gasteiger partial charge is 0.207 e. The van der Waals surface area contributed by atoms with Gasteiger partial charge in [0.1, 0.15) is 5.82 Å². The maximum Gasteiger partial charge on any atom is 0.277 e. The van der Waals surface area contributed by atoms with Crippen molar-refractivity contribution in [1.29, 1.82) is 0 Å². The normalized spacial score (nSPS) is 11.5. The van der Waals surface area contributed by atoms with Crippen molar-refractivity contribution in [3.05, 3.63) is 71.0 Å². The first-order valence-electron chi connectivity index (χ1n) is 6.49. The summed E-state index contributed by atoms with van der Waals surface area (Å²) in [5.41, 5.74) is 2.27. The van der Waals surface area contributed by atoms with E-state index in [0.29, 0.717) is 5.56 Å². The van der Waals surface area contributed by atoms with Crippen LogP contribution in [0.25, 0.3) is 0 Å². The summed E-state index contributed by atoms with van der Waals surface area (Å²) in [5.74, 6) is -0.432. The molecule has 0 saturated carbocycles. The zero-order valence-corrected chi connectivity index (χ0v) is 12.5. The zero-order valence-electron chi connectivity index (χ0n) is 11.6. The highest BCUT2D eigenvalue weighted by Crippen LogP contribution is 2.06. The second-order valence-electron chi connectivity index (χ2n) is 4.72. The molecule has 2 N–H and O–H groups in total. The zero-order chi connectivity index (χ0) is 15.3. The third-order valence-corrected chi connectivity index (χ3v) is 4.05. The molecule has 2 rings (SSSR count). The summed E-state index contributed by atoms with van der Waals surface area (Å²) in [5, 5.41) is 0. The molecule has 0 amide bonds. The van der Waals surface area contributed by atoms with E-state index in [9.17, 15) is 12.8 Å². The highest BCUT2D eigenvalue weighted by Gasteiger charge is 2.10. The summed E-state index contributed by atoms with van der Waals surface area (Å²) >= 11 is 0. The van der Waals surface area contributed by atoms with Crippen LogP contribution in [0, 0.1) is 12.7 Å². The first-order chi connectivity index (χ1) is 9.96. The molecule has 0 aliphatic heterocycles. The van der Waals surface area contributed by atoms with Gasteiger partial charge in [0, 0.05) is 18.7 Å². The van der Waals surface area contributed by atoms with Crippen molar-refractivity contribution in [2.45, 2.75) is 20.0 Å². The second kappa shape index (κ2) is 6.80. The van der Waals surface area contributed by atoms with Crippen LogP contribution in [0.5, 0.6) is 0 Å². The fourth-order valence-electron chi connectivity index (χ4n) is 1.75. The van der Waals surface area contributed by atoms with Crippen LogP contribution in [0.1, 0.15) is 16.7 Å². The Labute approximate surface area is 124 Å². The molecule has 0 bridgehead atoms. The molecule has 2 aromatic rings. The van der Waals surface area contributed by atoms with E-state index in [2.05, 4.69) is 9.44 Å². The molecule has 112 valence electrons. The van der Waals surface area contributed by atoms with Gasteiger partial charge in [-0.2, -0.15) is 17.9 Å². The lowest BCUT2D eigenvalue weighted by atomic mass is 10.2. The van der Waals surface area contributed by atoms with Crippen molar-refractivity contribution < 1.29 is 12.8 Å². The summed E-state index contributed by atoms with van der Waals surface area (Å²) in [6, 6.07) is 13.6. The topological polar surface area (TPSA) is 58.2 Å². The molecule has 6 heteroatoms. The maximum atomic E-state index is 13.4. The van der Waals surface area contributed by atoms with Crippen LogP contribution in [-0.2, 0) is 23.3 Å². The average Bonchev–Trinajstić information content (AvgIpc) is 2.46. The molecule has 0 aliphatic carbocycles. The van der Waals surface area contributed by atoms with Gasteiger partial charge in [0.05, 0.1) is 0 Å². The minimum atomic E-state index is -3.67. The van der Waals surface area contributed by atoms with Gasteiger partial charge < -0.3 is 0 Å². The van der Waals surface area contributed by atoms with Gasteiger partial charge in [-0.1, -0.05) is 48.0 Å². The van der Waals surface area contributed by atoms with E-state index in [1.165, 1.54) is 12.1 Å². The molecule has 21 heavy (non-hydrogen) atoms. The van der Waals surface area contributed by atoms with E-state index in [0.717, 1.165) is 11.1 Å². The molecule has 0 fully saturated rings. The quantitative estimate of drug-likeness (QED) is 0.860. The van der Waals surface area contributed by atoms with E-state index in [1.54, 1.807) is 12.1 Å². The Hall–Kier alpha value is -1.76. The number of benzene rings is 2. The van der Waals surface area contributed by atoms with Gasteiger partial charge in [0.2, 0.25) is 0 Å². The lowest BCUT2D eigenvalue weighted by Crippen LogP contribution is -2.35. The van der Waals surface area contributed by atoms with Crippen LogP contribution >= 0.6 is 0 Å². The molecule has 0 atom stereocenters. The third-order valence-electron chi connectivity index (χ3n) is 3.00. The molecule has 0 radical (unpaired) electrons. The lowest BCUT2D eigenvalue weighted by Gasteiger charge is -2.09. The van der Waals surface area contributed by atoms with Crippen LogP contribution < -0.4 is 9.44 Å². The highest BCUT2D eigenvalue weighted by molar-refractivity contribution is 7.87. The lowest BCUT2D eigenvalue weighted by molar-refractivity contribution is 0.561. The molecule has 0 saturated heterocycles. The van der Waals surface area contributed by atoms with Gasteiger partial charge in [-0.15, -0.1) is 0 Å². The minimum Gasteiger partial charge on any atom is -0.207 e. The predicted octanol–water partition coefficient (Wildman–Crippen LogP) is 2.26. The number of hydrogen-bond donors (Lipinski definition) is 2. The van der Waals surface area contributed by atoms with E-state index in [1.807, 2.05) is 31.2 Å². The monoisotopic (exact) mass is 308 g/mol. The van der Waals surface area contributed by atoms with Gasteiger partial charge >= 0.3 is 0 Å². The molecule has 4 nitrogen and oxygen atoms in total. The summed E-state index contributed by atoms with van der Waals surface area (Å²) in [4.78, 5) is 0. The highest BCUT2D eigenvalue weighted by atomic mass is 32.2. The molecule has 2 aromatic carbocycles. The van der Waals surface area contributed by atoms with Gasteiger partial charge in [0.25, 0.3) is 10.2 Å². The van der Waals surface area contributed by atoms with E-state index >= 15 is 0 Å². The number of hydrogen-bond acceptors (Lipinski definition) is 2. The Morgan fingerprint density at radius 1 is 0.952 bits per heavy atom. The Bertz CT molecular complexity index is 700. The number of rotatable bonds is 6. The number of aryl methyl sites for hydroxylation is 1. The van der Waals surface area contributed by atoms with Crippen LogP contribution in [-0.4, -0.2) is 8.42 Å². The first-order valence-corrected chi connectivity index (χ1v) is 7.98. The summed E-state index contributed by atoms with van der Waals surface area (Å²) < 4.78 is 41.8. The third kappa shape index (κ3) is 4.93. The average molecular weight is 308 g/mol. The minimum absolute atomic E-state index is 0.0874. The molecular formula is C15H17FN2O2S. The van der Waals surface area contributed by atoms with Crippen LogP contribution in [0.15, 0.2) is 48.5 Å². The Balaban J connectivity index is 1.90. The first kappa shape index (κ1) is 15.6. The van der Waals surface area contributed by atoms with Crippen molar-refractivity contribution in [1.82, 2.24) is 9.44 Å². The van der Waals surface area contributed by atoms with Gasteiger partial charge in [-0.25, -0.2) is 4.39 Å². The maximum absolute atomic E-state index is 13.4. The van der Waals surface area contributed by atoms with E-state index in [-0.39, 0.29) is 13.1 Å². The second-order valence-corrected chi connectivity index (χ2v) is 6.31. The summed E-state index contributed by atoms with van der Waals surface area (Å²) in [7, 11) is -3.67. The molecule has 0 spiro atoms. The van der Waals surface area contributed by atoms with Gasteiger partial charge in [-0.3, -0.25) is 0 Å². The largest absolute Gasteiger partial charge is 0.277 e. The van der Waals surface area contributed by atoms with Crippen molar-refractivity contribution in [3.63, 3.8) is 0 Å². The van der Waals surface area contributed by atoms with E-state index < -0.39 is 16.0 Å². The molecule has 0 aromatic heterocycles. The van der Waals surface area contributed by atoms with Gasteiger partial charge in [-0.05, 0) is 18.6 Å². The Morgan fingerprint density at radius 3 is 2.24 bits per heavy atom. The standard InChI is InChI=1S/C15H17FN2O2S/c1-12-6-8-13(9-7-12)10-17-21(19,20)18-11-14-4-2-3-5-15(14)16/h2-9,17-18H,10-11H2,1H3. The summed E-state index contributed by atoms with van der Waals surface area (Å²) in [6.45, 7) is 2.06. The van der Waals surface area contributed by atoms with Crippen molar-refractivity contribution in [2.24, 2.45) is 0 Å². The van der Waals surface area contributed by atoms with Crippen LogP contribution in [0.2, 0.25) is 0 Å². The number of halogens is 1. The fourth-order valence-corrected chi connectivity index (χ4v) is 2.55. The number of nitrogens with one attached hydrogen (secondary N) is 2. The fraction of sp³-hybridized carbons (Fsp3) is 0.200. The molecule has 0 unspecified atom stereocenters. The SMILES string of the molecule is Cc1ccc(CNS(=O)(=O)NCc2ccccc2F)cc1. The summed E-state index contributed by atoms with van der Waals surface area (Å²) in [6.07, 6.45) is 0. The molecular weight excluding hydrogens is 291 g/mol. The Morgan fingerprint density at radius 2 is 1.57 bits per heavy atom. The predicted molar refractivity (Wildman–Crippen MR) is 80.2 cm³/mol. The van der Waals surface area contributed by atoms with Gasteiger partial charge in [0.15, 0.2) is 0 Å². The van der Waals surface area contributed by atoms with E-state index in [4.69, 9.17) is 0 Å². The molecule has 0 aliphatic rings. The van der Waals surface area contributed by atoms with Crippen LogP contribution in [0.3, 0.4) is 0 Å². The van der Waals surface area contributed by atoms with Crippen molar-refractivity contribution in [3.8, 4) is 0 Å². The molecule has 0 heterocycles. The van der Waals surface area contributed by atoms with Crippen LogP contribution in [0.4, 0.5) is 4.39 Å².